The third-order valence-corrected chi connectivity index (χ3v) is 18.4. The lowest BCUT2D eigenvalue weighted by Crippen LogP contribution is -2.67. The molecule has 4 saturated carbocycles. The number of fused-ring (bicyclic) bond motifs is 5. The molecule has 7 aliphatic rings. The van der Waals surface area contributed by atoms with Crippen LogP contribution in [-0.2, 0) is 28.4 Å². The van der Waals surface area contributed by atoms with Gasteiger partial charge in [-0.25, -0.2) is 0 Å². The molecule has 3 heterocycles. The highest BCUT2D eigenvalue weighted by atomic mass is 16.7. The molecule has 0 aromatic rings. The van der Waals surface area contributed by atoms with Gasteiger partial charge < -0.3 is 84.6 Å². The average Bonchev–Trinajstić information content (AvgIpc) is 3.62. The molecule has 64 heavy (non-hydrogen) atoms. The molecule has 0 unspecified atom stereocenters. The lowest BCUT2D eigenvalue weighted by Gasteiger charge is -2.71. The van der Waals surface area contributed by atoms with E-state index in [4.69, 9.17) is 28.4 Å². The molecule has 3 saturated heterocycles. The summed E-state index contributed by atoms with van der Waals surface area (Å²) in [6.07, 6.45) is -12.4. The summed E-state index contributed by atoms with van der Waals surface area (Å²) in [6.45, 7) is 16.3. The van der Waals surface area contributed by atoms with Crippen LogP contribution in [0.15, 0.2) is 11.6 Å². The minimum absolute atomic E-state index is 0.149. The van der Waals surface area contributed by atoms with Gasteiger partial charge in [0.2, 0.25) is 0 Å². The fraction of sp³-hybridized carbons (Fsp3) is 0.957. The van der Waals surface area contributed by atoms with Crippen molar-refractivity contribution < 1.29 is 84.6 Å². The molecule has 11 N–H and O–H groups in total. The molecule has 17 heteroatoms. The van der Waals surface area contributed by atoms with Gasteiger partial charge in [0.05, 0.1) is 37.6 Å². The first-order valence-corrected chi connectivity index (χ1v) is 23.8. The zero-order valence-corrected chi connectivity index (χ0v) is 39.0. The van der Waals surface area contributed by atoms with E-state index in [1.165, 1.54) is 0 Å². The van der Waals surface area contributed by atoms with Gasteiger partial charge in [-0.2, -0.15) is 0 Å². The Kier molecular flexibility index (Phi) is 14.9. The number of hydrogen-bond donors (Lipinski definition) is 11. The van der Waals surface area contributed by atoms with Crippen LogP contribution in [0.25, 0.3) is 0 Å². The van der Waals surface area contributed by atoms with E-state index in [1.54, 1.807) is 0 Å². The van der Waals surface area contributed by atoms with Crippen LogP contribution >= 0.6 is 0 Å². The molecule has 4 aliphatic carbocycles. The molecule has 370 valence electrons. The van der Waals surface area contributed by atoms with Gasteiger partial charge in [0.1, 0.15) is 67.1 Å². The minimum Gasteiger partial charge on any atom is -0.394 e. The molecule has 0 aromatic heterocycles. The second-order valence-corrected chi connectivity index (χ2v) is 22.5. The van der Waals surface area contributed by atoms with Crippen molar-refractivity contribution >= 4 is 0 Å². The summed E-state index contributed by atoms with van der Waals surface area (Å²) in [5.74, 6) is -0.0478. The Labute approximate surface area is 377 Å². The molecule has 0 amide bonds. The predicted octanol–water partition coefficient (Wildman–Crippen LogP) is 0.612. The third-order valence-electron chi connectivity index (χ3n) is 18.4. The smallest absolute Gasteiger partial charge is 0.187 e. The Morgan fingerprint density at radius 3 is 1.94 bits per heavy atom. The minimum atomic E-state index is -1.68. The van der Waals surface area contributed by atoms with Crippen molar-refractivity contribution in [2.45, 2.75) is 217 Å². The first kappa shape index (κ1) is 50.9. The van der Waals surface area contributed by atoms with E-state index in [9.17, 15) is 56.2 Å². The molecule has 3 aliphatic heterocycles. The zero-order chi connectivity index (χ0) is 47.1. The predicted molar refractivity (Wildman–Crippen MR) is 228 cm³/mol. The molecular formula is C47H80O17. The zero-order valence-electron chi connectivity index (χ0n) is 39.0. The number of rotatable bonds is 12. The van der Waals surface area contributed by atoms with Crippen LogP contribution in [0.5, 0.6) is 0 Å². The van der Waals surface area contributed by atoms with Crippen LogP contribution in [0, 0.1) is 45.3 Å². The maximum absolute atomic E-state index is 12.7. The highest BCUT2D eigenvalue weighted by Gasteiger charge is 2.72. The average molecular weight is 917 g/mol. The summed E-state index contributed by atoms with van der Waals surface area (Å²) in [7, 11) is 0. The molecule has 0 spiro atoms. The summed E-state index contributed by atoms with van der Waals surface area (Å²) in [4.78, 5) is 0. The van der Waals surface area contributed by atoms with Crippen molar-refractivity contribution in [3.8, 4) is 0 Å². The van der Waals surface area contributed by atoms with E-state index in [0.717, 1.165) is 37.7 Å². The summed E-state index contributed by atoms with van der Waals surface area (Å²) < 4.78 is 36.5. The Morgan fingerprint density at radius 2 is 1.28 bits per heavy atom. The van der Waals surface area contributed by atoms with Gasteiger partial charge in [-0.1, -0.05) is 46.3 Å². The van der Waals surface area contributed by atoms with E-state index < -0.39 is 116 Å². The van der Waals surface area contributed by atoms with Crippen molar-refractivity contribution in [1.29, 1.82) is 0 Å². The topological polar surface area (TPSA) is 278 Å². The molecule has 17 nitrogen and oxygen atoms in total. The van der Waals surface area contributed by atoms with Crippen LogP contribution in [0.2, 0.25) is 0 Å². The maximum atomic E-state index is 12.7. The van der Waals surface area contributed by atoms with Gasteiger partial charge in [-0.05, 0) is 124 Å². The number of aliphatic hydroxyl groups excluding tert-OH is 11. The van der Waals surface area contributed by atoms with Crippen molar-refractivity contribution in [2.75, 3.05) is 19.8 Å². The van der Waals surface area contributed by atoms with Gasteiger partial charge in [-0.15, -0.1) is 0 Å². The molecule has 24 atom stereocenters. The monoisotopic (exact) mass is 917 g/mol. The third kappa shape index (κ3) is 8.60. The lowest BCUT2D eigenvalue weighted by atomic mass is 9.35. The van der Waals surface area contributed by atoms with E-state index in [0.29, 0.717) is 25.7 Å². The highest BCUT2D eigenvalue weighted by molar-refractivity contribution is 5.20. The second kappa shape index (κ2) is 18.8. The van der Waals surface area contributed by atoms with Gasteiger partial charge in [0.15, 0.2) is 18.9 Å². The van der Waals surface area contributed by atoms with Gasteiger partial charge in [0, 0.05) is 0 Å². The number of allylic oxidation sites excluding steroid dienone is 2. The van der Waals surface area contributed by atoms with Crippen LogP contribution in [-0.4, -0.2) is 180 Å². The maximum Gasteiger partial charge on any atom is 0.187 e. The first-order valence-electron chi connectivity index (χ1n) is 23.8. The summed E-state index contributed by atoms with van der Waals surface area (Å²) in [5.41, 5.74) is -0.948. The molecule has 0 radical (unpaired) electrons. The number of hydrogen-bond acceptors (Lipinski definition) is 17. The van der Waals surface area contributed by atoms with Crippen LogP contribution in [0.3, 0.4) is 0 Å². The van der Waals surface area contributed by atoms with Gasteiger partial charge >= 0.3 is 0 Å². The van der Waals surface area contributed by atoms with E-state index in [2.05, 4.69) is 40.7 Å². The number of aliphatic hydroxyl groups is 11. The Morgan fingerprint density at radius 1 is 0.672 bits per heavy atom. The molecule has 0 bridgehead atoms. The second-order valence-electron chi connectivity index (χ2n) is 22.5. The summed E-state index contributed by atoms with van der Waals surface area (Å²) in [6, 6.07) is 0. The largest absolute Gasteiger partial charge is 0.394 e. The van der Waals surface area contributed by atoms with Crippen molar-refractivity contribution in [1.82, 2.24) is 0 Å². The van der Waals surface area contributed by atoms with Gasteiger partial charge in [-0.3, -0.25) is 0 Å². The molecule has 7 rings (SSSR count). The van der Waals surface area contributed by atoms with Crippen LogP contribution in [0.1, 0.15) is 113 Å². The van der Waals surface area contributed by atoms with E-state index in [-0.39, 0.29) is 52.6 Å². The van der Waals surface area contributed by atoms with Crippen molar-refractivity contribution in [2.24, 2.45) is 45.3 Å². The van der Waals surface area contributed by atoms with Crippen LogP contribution < -0.4 is 0 Å². The van der Waals surface area contributed by atoms with E-state index in [1.807, 2.05) is 20.8 Å². The Balaban J connectivity index is 1.11. The lowest BCUT2D eigenvalue weighted by molar-refractivity contribution is -0.346. The molecule has 7 fully saturated rings. The molecule has 0 aromatic carbocycles. The quantitative estimate of drug-likeness (QED) is 0.0946. The van der Waals surface area contributed by atoms with Crippen LogP contribution in [0.4, 0.5) is 0 Å². The molecular weight excluding hydrogens is 836 g/mol. The normalized spacial score (nSPS) is 52.5. The summed E-state index contributed by atoms with van der Waals surface area (Å²) in [5, 5.41) is 118. The Hall–Kier alpha value is -0.940. The fourth-order valence-corrected chi connectivity index (χ4v) is 14.5. The van der Waals surface area contributed by atoms with Gasteiger partial charge in [0.25, 0.3) is 0 Å². The number of ether oxygens (including phenoxy) is 6. The Bertz CT molecular complexity index is 1630. The summed E-state index contributed by atoms with van der Waals surface area (Å²) >= 11 is 0. The fourth-order valence-electron chi connectivity index (χ4n) is 14.5. The van der Waals surface area contributed by atoms with Crippen molar-refractivity contribution in [3.63, 3.8) is 0 Å². The van der Waals surface area contributed by atoms with E-state index >= 15 is 0 Å². The standard InChI is InChI=1S/C47H80O17/c1-22(2)10-9-14-47(8,64-42-39(58)36(55)34(53)27(62-42)21-60-40-37(56)32(51)25(50)20-59-40)23-11-16-46(7)31(23)24(49)18-29-44(5)15-13-30(43(3,4)28(44)12-17-45(29,46)6)63-41-38(57)35(54)33(52)26(19-48)61-41/h10,23-42,48-58H,9,11-21H2,1-8H3/t23-,24-,25-,26-,27-,28+,29+,30+,31+,32+,33-,34-,35+,36+,37+,38+,39+,40+,41+,42+,44+,45-,46-,47+/m1/s1. The highest BCUT2D eigenvalue weighted by Crippen LogP contribution is 2.76. The first-order chi connectivity index (χ1) is 29.9. The van der Waals surface area contributed by atoms with Crippen molar-refractivity contribution in [3.05, 3.63) is 11.6 Å². The SMILES string of the molecule is CC(C)=CCC[C@](C)(O[C@@H]1O[C@H](CO[C@@H]2OC[C@@H](O)[C@H](O)[C@@H]2O)[C@@H](O)[C@H](O)[C@@H]1O)[C@@H]1CC[C@]2(C)[C@@H]1[C@H](O)C[C@H]1[C@@]3(C)CC[C@H](O[C@@H]4O[C@H](CO)[C@@H](O)[C@H](O)[C@@H]4O)C(C)(C)[C@@H]3CC[C@]12C.